The second-order valence-corrected chi connectivity index (χ2v) is 5.21. The number of carbonyl (C=O) groups is 1. The number of hydrogen-bond acceptors (Lipinski definition) is 3. The number of aromatic nitrogens is 1. The van der Waals surface area contributed by atoms with Gasteiger partial charge in [-0.15, -0.1) is 0 Å². The lowest BCUT2D eigenvalue weighted by Gasteiger charge is -2.24. The van der Waals surface area contributed by atoms with Crippen molar-refractivity contribution in [1.29, 1.82) is 0 Å². The van der Waals surface area contributed by atoms with E-state index in [1.807, 2.05) is 17.9 Å². The summed E-state index contributed by atoms with van der Waals surface area (Å²) in [4.78, 5) is 18.7. The zero-order valence-corrected chi connectivity index (χ0v) is 13.1. The number of rotatable bonds is 8. The molecule has 1 aromatic rings. The summed E-state index contributed by atoms with van der Waals surface area (Å²) < 4.78 is 0. The molecule has 4 heteroatoms. The Bertz CT molecular complexity index is 420. The molecule has 0 fully saturated rings. The molecular formula is C16H27N3O. The Morgan fingerprint density at radius 2 is 2.15 bits per heavy atom. The lowest BCUT2D eigenvalue weighted by molar-refractivity contribution is 0.0741. The molecule has 4 nitrogen and oxygen atoms in total. The predicted octanol–water partition coefficient (Wildman–Crippen LogP) is 3.41. The summed E-state index contributed by atoms with van der Waals surface area (Å²) in [5.41, 5.74) is 0.712. The normalized spacial score (nSPS) is 12.0. The molecule has 20 heavy (non-hydrogen) atoms. The largest absolute Gasteiger partial charge is 0.370 e. The average molecular weight is 277 g/mol. The summed E-state index contributed by atoms with van der Waals surface area (Å²) in [6.45, 7) is 10.9. The first-order valence-corrected chi connectivity index (χ1v) is 7.61. The van der Waals surface area contributed by atoms with Crippen molar-refractivity contribution in [1.82, 2.24) is 9.88 Å². The van der Waals surface area contributed by atoms with Crippen LogP contribution in [0.3, 0.4) is 0 Å². The molecule has 1 unspecified atom stereocenters. The second kappa shape index (κ2) is 8.56. The van der Waals surface area contributed by atoms with Crippen LogP contribution in [0.15, 0.2) is 18.3 Å². The van der Waals surface area contributed by atoms with Crippen molar-refractivity contribution >= 4 is 11.7 Å². The summed E-state index contributed by atoms with van der Waals surface area (Å²) in [6, 6.07) is 3.63. The monoisotopic (exact) mass is 277 g/mol. The Balaban J connectivity index is 2.78. The van der Waals surface area contributed by atoms with Gasteiger partial charge in [-0.1, -0.05) is 27.2 Å². The zero-order valence-electron chi connectivity index (χ0n) is 13.1. The van der Waals surface area contributed by atoms with Crippen LogP contribution < -0.4 is 5.32 Å². The van der Waals surface area contributed by atoms with E-state index >= 15 is 0 Å². The average Bonchev–Trinajstić information content (AvgIpc) is 2.49. The van der Waals surface area contributed by atoms with Crippen LogP contribution in [-0.4, -0.2) is 35.4 Å². The Labute approximate surface area is 122 Å². The SMILES string of the molecule is CCCNc1cc(C(=O)N(CC)CC(C)CC)ccn1. The molecule has 1 aromatic heterocycles. The van der Waals surface area contributed by atoms with Crippen LogP contribution in [0.25, 0.3) is 0 Å². The number of pyridine rings is 1. The fraction of sp³-hybridized carbons (Fsp3) is 0.625. The van der Waals surface area contributed by atoms with E-state index in [0.29, 0.717) is 11.5 Å². The number of nitrogens with zero attached hydrogens (tertiary/aromatic N) is 2. The van der Waals surface area contributed by atoms with Gasteiger partial charge in [0.15, 0.2) is 0 Å². The standard InChI is InChI=1S/C16H27N3O/c1-5-9-17-15-11-14(8-10-18-15)16(20)19(7-3)12-13(4)6-2/h8,10-11,13H,5-7,9,12H2,1-4H3,(H,17,18). The van der Waals surface area contributed by atoms with Gasteiger partial charge in [0.1, 0.15) is 5.82 Å². The quantitative estimate of drug-likeness (QED) is 0.792. The highest BCUT2D eigenvalue weighted by Gasteiger charge is 2.16. The molecule has 1 atom stereocenters. The first-order chi connectivity index (χ1) is 9.62. The molecule has 1 rings (SSSR count). The third kappa shape index (κ3) is 4.83. The van der Waals surface area contributed by atoms with Crippen LogP contribution in [0.4, 0.5) is 5.82 Å². The van der Waals surface area contributed by atoms with E-state index in [9.17, 15) is 4.79 Å². The van der Waals surface area contributed by atoms with Gasteiger partial charge in [0.25, 0.3) is 5.91 Å². The van der Waals surface area contributed by atoms with Gasteiger partial charge in [-0.3, -0.25) is 4.79 Å². The molecule has 112 valence electrons. The van der Waals surface area contributed by atoms with Gasteiger partial charge >= 0.3 is 0 Å². The number of hydrogen-bond donors (Lipinski definition) is 1. The molecule has 0 aromatic carbocycles. The maximum atomic E-state index is 12.5. The Hall–Kier alpha value is -1.58. The molecule has 0 aliphatic heterocycles. The van der Waals surface area contributed by atoms with E-state index in [4.69, 9.17) is 0 Å². The van der Waals surface area contributed by atoms with Gasteiger partial charge in [0, 0.05) is 31.4 Å². The molecule has 0 saturated carbocycles. The van der Waals surface area contributed by atoms with Gasteiger partial charge in [-0.05, 0) is 31.4 Å². The van der Waals surface area contributed by atoms with E-state index in [-0.39, 0.29) is 5.91 Å². The molecule has 1 amide bonds. The molecule has 0 aliphatic rings. The molecular weight excluding hydrogens is 250 g/mol. The van der Waals surface area contributed by atoms with E-state index in [1.165, 1.54) is 0 Å². The van der Waals surface area contributed by atoms with Gasteiger partial charge in [-0.2, -0.15) is 0 Å². The highest BCUT2D eigenvalue weighted by Crippen LogP contribution is 2.12. The first kappa shape index (κ1) is 16.5. The lowest BCUT2D eigenvalue weighted by atomic mass is 10.1. The van der Waals surface area contributed by atoms with Crippen molar-refractivity contribution in [3.63, 3.8) is 0 Å². The summed E-state index contributed by atoms with van der Waals surface area (Å²) in [6.07, 6.45) is 3.82. The van der Waals surface area contributed by atoms with Crippen LogP contribution in [0, 0.1) is 5.92 Å². The summed E-state index contributed by atoms with van der Waals surface area (Å²) in [7, 11) is 0. The van der Waals surface area contributed by atoms with E-state index in [2.05, 4.69) is 31.1 Å². The van der Waals surface area contributed by atoms with Crippen LogP contribution in [0.2, 0.25) is 0 Å². The van der Waals surface area contributed by atoms with Crippen LogP contribution in [-0.2, 0) is 0 Å². The van der Waals surface area contributed by atoms with Gasteiger partial charge in [-0.25, -0.2) is 4.98 Å². The minimum absolute atomic E-state index is 0.0924. The van der Waals surface area contributed by atoms with Gasteiger partial charge < -0.3 is 10.2 Å². The third-order valence-electron chi connectivity index (χ3n) is 3.46. The molecule has 0 bridgehead atoms. The third-order valence-corrected chi connectivity index (χ3v) is 3.46. The van der Waals surface area contributed by atoms with Crippen LogP contribution in [0.1, 0.15) is 50.9 Å². The smallest absolute Gasteiger partial charge is 0.254 e. The highest BCUT2D eigenvalue weighted by atomic mass is 16.2. The maximum Gasteiger partial charge on any atom is 0.254 e. The first-order valence-electron chi connectivity index (χ1n) is 7.61. The highest BCUT2D eigenvalue weighted by molar-refractivity contribution is 5.94. The Morgan fingerprint density at radius 1 is 1.40 bits per heavy atom. The Morgan fingerprint density at radius 3 is 2.75 bits per heavy atom. The van der Waals surface area contributed by atoms with E-state index in [0.717, 1.165) is 38.3 Å². The van der Waals surface area contributed by atoms with Gasteiger partial charge in [0.2, 0.25) is 0 Å². The second-order valence-electron chi connectivity index (χ2n) is 5.21. The minimum atomic E-state index is 0.0924. The zero-order chi connectivity index (χ0) is 15.0. The van der Waals surface area contributed by atoms with Crippen molar-refractivity contribution in [2.24, 2.45) is 5.92 Å². The number of nitrogens with one attached hydrogen (secondary N) is 1. The number of anilines is 1. The van der Waals surface area contributed by atoms with Gasteiger partial charge in [0.05, 0.1) is 0 Å². The van der Waals surface area contributed by atoms with Crippen molar-refractivity contribution < 1.29 is 4.79 Å². The van der Waals surface area contributed by atoms with Crippen molar-refractivity contribution in [3.8, 4) is 0 Å². The summed E-state index contributed by atoms with van der Waals surface area (Å²) in [5, 5.41) is 3.22. The van der Waals surface area contributed by atoms with Crippen LogP contribution in [0.5, 0.6) is 0 Å². The summed E-state index contributed by atoms with van der Waals surface area (Å²) in [5.74, 6) is 1.39. The van der Waals surface area contributed by atoms with Crippen LogP contribution >= 0.6 is 0 Å². The van der Waals surface area contributed by atoms with E-state index < -0.39 is 0 Å². The van der Waals surface area contributed by atoms with Crippen molar-refractivity contribution in [2.75, 3.05) is 25.0 Å². The van der Waals surface area contributed by atoms with Crippen molar-refractivity contribution in [2.45, 2.75) is 40.5 Å². The molecule has 0 spiro atoms. The number of amides is 1. The lowest BCUT2D eigenvalue weighted by Crippen LogP contribution is -2.34. The maximum absolute atomic E-state index is 12.5. The molecule has 1 heterocycles. The topological polar surface area (TPSA) is 45.2 Å². The molecule has 0 aliphatic carbocycles. The van der Waals surface area contributed by atoms with Crippen molar-refractivity contribution in [3.05, 3.63) is 23.9 Å². The Kier molecular flexibility index (Phi) is 7.05. The van der Waals surface area contributed by atoms with E-state index in [1.54, 1.807) is 12.3 Å². The minimum Gasteiger partial charge on any atom is -0.370 e. The summed E-state index contributed by atoms with van der Waals surface area (Å²) >= 11 is 0. The predicted molar refractivity (Wildman–Crippen MR) is 84.1 cm³/mol. The molecule has 0 radical (unpaired) electrons. The molecule has 1 N–H and O–H groups in total. The molecule has 0 saturated heterocycles. The fourth-order valence-electron chi connectivity index (χ4n) is 1.96. The fourth-order valence-corrected chi connectivity index (χ4v) is 1.96. The number of carbonyl (C=O) groups excluding carboxylic acids is 1.